The number of hydrogen-bond donors (Lipinski definition) is 1. The van der Waals surface area contributed by atoms with Gasteiger partial charge in [0.05, 0.1) is 7.11 Å². The lowest BCUT2D eigenvalue weighted by Gasteiger charge is -2.38. The lowest BCUT2D eigenvalue weighted by atomic mass is 9.92. The molecule has 1 saturated heterocycles. The fraction of sp³-hybridized carbons (Fsp3) is 0.345. The summed E-state index contributed by atoms with van der Waals surface area (Å²) >= 11 is 0. The maximum absolute atomic E-state index is 13.3. The molecule has 1 fully saturated rings. The number of hydrogen-bond acceptors (Lipinski definition) is 6. The van der Waals surface area contributed by atoms with E-state index in [9.17, 15) is 14.4 Å². The van der Waals surface area contributed by atoms with Crippen LogP contribution < -0.4 is 14.5 Å². The van der Waals surface area contributed by atoms with Crippen LogP contribution in [0.3, 0.4) is 0 Å². The van der Waals surface area contributed by atoms with Crippen LogP contribution in [-0.4, -0.2) is 67.6 Å². The van der Waals surface area contributed by atoms with E-state index in [-0.39, 0.29) is 18.2 Å². The van der Waals surface area contributed by atoms with Crippen molar-refractivity contribution in [3.63, 3.8) is 0 Å². The molecule has 8 nitrogen and oxygen atoms in total. The molecule has 0 aliphatic carbocycles. The normalized spacial score (nSPS) is 15.4. The van der Waals surface area contributed by atoms with Crippen molar-refractivity contribution in [1.29, 1.82) is 0 Å². The topological polar surface area (TPSA) is 90.4 Å². The molecule has 8 heteroatoms. The summed E-state index contributed by atoms with van der Waals surface area (Å²) in [6.07, 6.45) is 1.87. The molecular weight excluding hydrogens is 470 g/mol. The Balaban J connectivity index is 1.34. The molecule has 192 valence electrons. The molecule has 5 rings (SSSR count). The Labute approximate surface area is 216 Å². The minimum absolute atomic E-state index is 0.0978. The van der Waals surface area contributed by atoms with Gasteiger partial charge >= 0.3 is 5.97 Å². The molecule has 3 aromatic rings. The number of benzene rings is 3. The number of carbonyl (C=O) groups excluding carboxylic acids is 2. The number of carboxylic acid groups (broad SMARTS) is 1. The Hall–Kier alpha value is -4.07. The quantitative estimate of drug-likeness (QED) is 0.343. The summed E-state index contributed by atoms with van der Waals surface area (Å²) in [5, 5.41) is 10.5. The highest BCUT2D eigenvalue weighted by Gasteiger charge is 2.33. The molecule has 0 aromatic heterocycles. The maximum atomic E-state index is 13.3. The van der Waals surface area contributed by atoms with Gasteiger partial charge in [-0.25, -0.2) is 0 Å². The van der Waals surface area contributed by atoms with E-state index < -0.39 is 5.97 Å². The Bertz CT molecular complexity index is 1320. The third-order valence-corrected chi connectivity index (χ3v) is 7.28. The SMILES string of the molecule is COc1cccc(N2CCN(c3ccc4c5c(cccc35)C(=O)N(CCCCCC(=O)O)C4=O)CC2)c1. The summed E-state index contributed by atoms with van der Waals surface area (Å²) in [5.41, 5.74) is 3.27. The highest BCUT2D eigenvalue weighted by molar-refractivity contribution is 6.26. The average Bonchev–Trinajstić information content (AvgIpc) is 2.93. The number of carbonyl (C=O) groups is 3. The number of unbranched alkanes of at least 4 members (excludes halogenated alkanes) is 2. The zero-order valence-electron chi connectivity index (χ0n) is 21.0. The predicted molar refractivity (Wildman–Crippen MR) is 143 cm³/mol. The summed E-state index contributed by atoms with van der Waals surface area (Å²) in [6.45, 7) is 3.63. The molecule has 2 aliphatic heterocycles. The second-order valence-corrected chi connectivity index (χ2v) is 9.50. The Morgan fingerprint density at radius 3 is 2.30 bits per heavy atom. The molecule has 3 aromatic carbocycles. The summed E-state index contributed by atoms with van der Waals surface area (Å²) in [4.78, 5) is 43.3. The van der Waals surface area contributed by atoms with Crippen molar-refractivity contribution in [2.24, 2.45) is 0 Å². The van der Waals surface area contributed by atoms with Crippen LogP contribution in [0, 0.1) is 0 Å². The summed E-state index contributed by atoms with van der Waals surface area (Å²) in [5.74, 6) is -0.543. The molecule has 2 amide bonds. The Morgan fingerprint density at radius 2 is 1.57 bits per heavy atom. The van der Waals surface area contributed by atoms with Gasteiger partial charge in [-0.3, -0.25) is 19.3 Å². The van der Waals surface area contributed by atoms with Crippen LogP contribution in [-0.2, 0) is 4.79 Å². The number of methoxy groups -OCH3 is 1. The van der Waals surface area contributed by atoms with E-state index in [1.807, 2.05) is 42.5 Å². The number of ether oxygens (including phenoxy) is 1. The van der Waals surface area contributed by atoms with Crippen molar-refractivity contribution in [2.75, 3.05) is 49.6 Å². The standard InChI is InChI=1S/C29H31N3O5/c1-37-21-8-5-7-20(19-21)30-15-17-31(18-16-30)25-13-12-24-27-22(25)9-6-10-23(27)28(35)32(29(24)36)14-4-2-3-11-26(33)34/h5-10,12-13,19H,2-4,11,14-18H2,1H3,(H,33,34). The molecular formula is C29H31N3O5. The third-order valence-electron chi connectivity index (χ3n) is 7.28. The first-order valence-corrected chi connectivity index (χ1v) is 12.8. The zero-order chi connectivity index (χ0) is 25.9. The second-order valence-electron chi connectivity index (χ2n) is 9.50. The minimum Gasteiger partial charge on any atom is -0.497 e. The Kier molecular flexibility index (Phi) is 6.99. The van der Waals surface area contributed by atoms with Crippen LogP contribution in [0.15, 0.2) is 54.6 Å². The fourth-order valence-corrected chi connectivity index (χ4v) is 5.35. The van der Waals surface area contributed by atoms with E-state index in [0.717, 1.165) is 54.1 Å². The molecule has 0 atom stereocenters. The number of anilines is 2. The first-order chi connectivity index (χ1) is 18.0. The fourth-order valence-electron chi connectivity index (χ4n) is 5.35. The molecule has 2 aliphatic rings. The van der Waals surface area contributed by atoms with Crippen molar-refractivity contribution >= 4 is 39.9 Å². The van der Waals surface area contributed by atoms with E-state index in [1.165, 1.54) is 4.90 Å². The highest BCUT2D eigenvalue weighted by Crippen LogP contribution is 2.37. The number of carboxylic acids is 1. The average molecular weight is 502 g/mol. The number of aliphatic carboxylic acids is 1. The summed E-state index contributed by atoms with van der Waals surface area (Å²) < 4.78 is 5.37. The van der Waals surface area contributed by atoms with Crippen LogP contribution >= 0.6 is 0 Å². The van der Waals surface area contributed by atoms with Crippen LogP contribution in [0.2, 0.25) is 0 Å². The predicted octanol–water partition coefficient (Wildman–Crippen LogP) is 4.42. The van der Waals surface area contributed by atoms with Gasteiger partial charge in [0, 0.05) is 78.5 Å². The van der Waals surface area contributed by atoms with Crippen molar-refractivity contribution in [3.8, 4) is 5.75 Å². The van der Waals surface area contributed by atoms with Gasteiger partial charge in [-0.15, -0.1) is 0 Å². The van der Waals surface area contributed by atoms with E-state index in [4.69, 9.17) is 9.84 Å². The van der Waals surface area contributed by atoms with Crippen molar-refractivity contribution < 1.29 is 24.2 Å². The monoisotopic (exact) mass is 501 g/mol. The van der Waals surface area contributed by atoms with Crippen molar-refractivity contribution in [2.45, 2.75) is 25.7 Å². The summed E-state index contributed by atoms with van der Waals surface area (Å²) in [7, 11) is 1.67. The molecule has 0 unspecified atom stereocenters. The Morgan fingerprint density at radius 1 is 0.865 bits per heavy atom. The van der Waals surface area contributed by atoms with Crippen LogP contribution in [0.1, 0.15) is 46.4 Å². The molecule has 2 heterocycles. The number of nitrogens with zero attached hydrogens (tertiary/aromatic N) is 3. The van der Waals surface area contributed by atoms with Gasteiger partial charge in [-0.2, -0.15) is 0 Å². The van der Waals surface area contributed by atoms with E-state index >= 15 is 0 Å². The minimum atomic E-state index is -0.830. The van der Waals surface area contributed by atoms with Crippen molar-refractivity contribution in [3.05, 3.63) is 65.7 Å². The molecule has 0 bridgehead atoms. The van der Waals surface area contributed by atoms with Gasteiger partial charge in [0.1, 0.15) is 5.75 Å². The van der Waals surface area contributed by atoms with Crippen molar-refractivity contribution in [1.82, 2.24) is 4.90 Å². The lowest BCUT2D eigenvalue weighted by Crippen LogP contribution is -2.46. The zero-order valence-corrected chi connectivity index (χ0v) is 21.0. The number of amides is 2. The van der Waals surface area contributed by atoms with Gasteiger partial charge in [0.2, 0.25) is 0 Å². The number of imide groups is 1. The first kappa shape index (κ1) is 24.6. The lowest BCUT2D eigenvalue weighted by molar-refractivity contribution is -0.137. The van der Waals surface area contributed by atoms with Gasteiger partial charge in [0.25, 0.3) is 11.8 Å². The largest absolute Gasteiger partial charge is 0.497 e. The molecule has 0 saturated carbocycles. The van der Waals surface area contributed by atoms with Gasteiger partial charge in [-0.05, 0) is 43.2 Å². The van der Waals surface area contributed by atoms with Crippen LogP contribution in [0.4, 0.5) is 11.4 Å². The highest BCUT2D eigenvalue weighted by atomic mass is 16.5. The molecule has 0 radical (unpaired) electrons. The first-order valence-electron chi connectivity index (χ1n) is 12.8. The number of rotatable bonds is 9. The van der Waals surface area contributed by atoms with Gasteiger partial charge in [-0.1, -0.05) is 24.6 Å². The number of piperazine rings is 1. The molecule has 1 N–H and O–H groups in total. The van der Waals surface area contributed by atoms with Crippen LogP contribution in [0.25, 0.3) is 10.8 Å². The van der Waals surface area contributed by atoms with Gasteiger partial charge < -0.3 is 19.6 Å². The smallest absolute Gasteiger partial charge is 0.303 e. The van der Waals surface area contributed by atoms with Gasteiger partial charge in [0.15, 0.2) is 0 Å². The van der Waals surface area contributed by atoms with Crippen LogP contribution in [0.5, 0.6) is 5.75 Å². The third kappa shape index (κ3) is 4.83. The molecule has 37 heavy (non-hydrogen) atoms. The maximum Gasteiger partial charge on any atom is 0.303 e. The molecule has 0 spiro atoms. The van der Waals surface area contributed by atoms with E-state index in [2.05, 4.69) is 15.9 Å². The van der Waals surface area contributed by atoms with E-state index in [1.54, 1.807) is 13.2 Å². The summed E-state index contributed by atoms with van der Waals surface area (Å²) in [6, 6.07) is 17.6. The second kappa shape index (κ2) is 10.5. The van der Waals surface area contributed by atoms with E-state index in [0.29, 0.717) is 36.9 Å².